The van der Waals surface area contributed by atoms with Gasteiger partial charge < -0.3 is 10.2 Å². The van der Waals surface area contributed by atoms with E-state index in [2.05, 4.69) is 46.8 Å². The SMILES string of the molecule is O=C(O)CCCCC(=O)O.c1ccc(NN(c2ccccc2)c2ccccc2)cc1. The highest BCUT2D eigenvalue weighted by Crippen LogP contribution is 2.25. The van der Waals surface area contributed by atoms with Crippen molar-refractivity contribution >= 4 is 29.0 Å². The van der Waals surface area contributed by atoms with Gasteiger partial charge in [0.05, 0.1) is 17.1 Å². The second-order valence-electron chi connectivity index (χ2n) is 6.48. The van der Waals surface area contributed by atoms with Gasteiger partial charge in [-0.15, -0.1) is 0 Å². The van der Waals surface area contributed by atoms with E-state index in [9.17, 15) is 9.59 Å². The molecule has 0 radical (unpaired) electrons. The number of para-hydroxylation sites is 3. The monoisotopic (exact) mass is 406 g/mol. The average molecular weight is 406 g/mol. The minimum Gasteiger partial charge on any atom is -0.481 e. The first-order valence-electron chi connectivity index (χ1n) is 9.72. The number of hydrogen-bond acceptors (Lipinski definition) is 4. The van der Waals surface area contributed by atoms with Crippen molar-refractivity contribution in [3.63, 3.8) is 0 Å². The lowest BCUT2D eigenvalue weighted by Gasteiger charge is -2.26. The Kier molecular flexibility index (Phi) is 9.46. The van der Waals surface area contributed by atoms with E-state index in [0.29, 0.717) is 12.8 Å². The minimum absolute atomic E-state index is 0.0628. The first-order chi connectivity index (χ1) is 14.6. The number of carbonyl (C=O) groups is 2. The molecular formula is C24H26N2O4. The average Bonchev–Trinajstić information content (AvgIpc) is 2.77. The molecule has 0 bridgehead atoms. The zero-order valence-electron chi connectivity index (χ0n) is 16.6. The van der Waals surface area contributed by atoms with E-state index >= 15 is 0 Å². The van der Waals surface area contributed by atoms with Gasteiger partial charge in [0.15, 0.2) is 0 Å². The maximum atomic E-state index is 9.90. The zero-order valence-corrected chi connectivity index (χ0v) is 16.6. The number of nitrogens with one attached hydrogen (secondary N) is 1. The second kappa shape index (κ2) is 12.6. The van der Waals surface area contributed by atoms with Gasteiger partial charge in [0.1, 0.15) is 0 Å². The van der Waals surface area contributed by atoms with E-state index in [0.717, 1.165) is 17.1 Å². The fourth-order valence-electron chi connectivity index (χ4n) is 2.63. The van der Waals surface area contributed by atoms with Crippen LogP contribution in [0, 0.1) is 0 Å². The minimum atomic E-state index is -0.870. The predicted octanol–water partition coefficient (Wildman–Crippen LogP) is 5.57. The van der Waals surface area contributed by atoms with Gasteiger partial charge in [-0.3, -0.25) is 20.0 Å². The van der Waals surface area contributed by atoms with Gasteiger partial charge >= 0.3 is 11.9 Å². The summed E-state index contributed by atoms with van der Waals surface area (Å²) in [6.07, 6.45) is 1.02. The summed E-state index contributed by atoms with van der Waals surface area (Å²) < 4.78 is 0. The Balaban J connectivity index is 0.000000274. The Bertz CT molecular complexity index is 831. The van der Waals surface area contributed by atoms with Crippen molar-refractivity contribution in [1.82, 2.24) is 0 Å². The number of rotatable bonds is 9. The summed E-state index contributed by atoms with van der Waals surface area (Å²) in [5, 5.41) is 18.3. The fourth-order valence-corrected chi connectivity index (χ4v) is 2.63. The van der Waals surface area contributed by atoms with Gasteiger partial charge in [0, 0.05) is 12.8 Å². The van der Waals surface area contributed by atoms with Crippen LogP contribution in [0.15, 0.2) is 91.0 Å². The highest BCUT2D eigenvalue weighted by molar-refractivity contribution is 5.68. The maximum Gasteiger partial charge on any atom is 0.303 e. The quantitative estimate of drug-likeness (QED) is 0.318. The first kappa shape index (κ1) is 22.5. The van der Waals surface area contributed by atoms with Crippen molar-refractivity contribution in [1.29, 1.82) is 0 Å². The Morgan fingerprint density at radius 1 is 0.633 bits per heavy atom. The van der Waals surface area contributed by atoms with Crippen LogP contribution < -0.4 is 10.4 Å². The molecule has 3 N–H and O–H groups in total. The summed E-state index contributed by atoms with van der Waals surface area (Å²) >= 11 is 0. The molecule has 0 aliphatic rings. The normalized spacial score (nSPS) is 9.73. The number of anilines is 3. The molecule has 0 saturated carbocycles. The topological polar surface area (TPSA) is 89.9 Å². The maximum absolute atomic E-state index is 9.90. The number of hydrogen-bond donors (Lipinski definition) is 3. The number of hydrazine groups is 1. The molecule has 0 fully saturated rings. The molecule has 30 heavy (non-hydrogen) atoms. The summed E-state index contributed by atoms with van der Waals surface area (Å²) in [5.41, 5.74) is 6.70. The van der Waals surface area contributed by atoms with E-state index < -0.39 is 11.9 Å². The zero-order chi connectivity index (χ0) is 21.6. The van der Waals surface area contributed by atoms with Crippen LogP contribution in [0.5, 0.6) is 0 Å². The van der Waals surface area contributed by atoms with Crippen molar-refractivity contribution in [3.8, 4) is 0 Å². The van der Waals surface area contributed by atoms with Crippen LogP contribution in [-0.2, 0) is 9.59 Å². The molecule has 156 valence electrons. The van der Waals surface area contributed by atoms with E-state index in [-0.39, 0.29) is 12.8 Å². The molecule has 3 aromatic rings. The molecule has 0 saturated heterocycles. The Hall–Kier alpha value is -3.80. The second-order valence-corrected chi connectivity index (χ2v) is 6.48. The summed E-state index contributed by atoms with van der Waals surface area (Å²) in [7, 11) is 0. The third-order valence-corrected chi connectivity index (χ3v) is 4.07. The molecule has 0 amide bonds. The van der Waals surface area contributed by atoms with Crippen LogP contribution in [0.25, 0.3) is 0 Å². The molecule has 0 heterocycles. The summed E-state index contributed by atoms with van der Waals surface area (Å²) in [6, 6.07) is 30.7. The lowest BCUT2D eigenvalue weighted by molar-refractivity contribution is -0.139. The highest BCUT2D eigenvalue weighted by Gasteiger charge is 2.08. The third kappa shape index (κ3) is 8.48. The Morgan fingerprint density at radius 2 is 1.00 bits per heavy atom. The van der Waals surface area contributed by atoms with Crippen LogP contribution in [-0.4, -0.2) is 22.2 Å². The van der Waals surface area contributed by atoms with E-state index in [4.69, 9.17) is 10.2 Å². The van der Waals surface area contributed by atoms with Gasteiger partial charge in [-0.05, 0) is 49.2 Å². The molecule has 0 unspecified atom stereocenters. The molecule has 0 aromatic heterocycles. The molecule has 6 nitrogen and oxygen atoms in total. The van der Waals surface area contributed by atoms with Crippen LogP contribution >= 0.6 is 0 Å². The number of benzene rings is 3. The predicted molar refractivity (Wildman–Crippen MR) is 119 cm³/mol. The van der Waals surface area contributed by atoms with E-state index in [1.807, 2.05) is 54.6 Å². The van der Waals surface area contributed by atoms with Crippen molar-refractivity contribution in [2.75, 3.05) is 10.4 Å². The van der Waals surface area contributed by atoms with Crippen LogP contribution in [0.3, 0.4) is 0 Å². The number of nitrogens with zero attached hydrogens (tertiary/aromatic N) is 1. The Labute approximate surface area is 176 Å². The molecule has 0 atom stereocenters. The lowest BCUT2D eigenvalue weighted by atomic mass is 10.2. The van der Waals surface area contributed by atoms with Crippen LogP contribution in [0.2, 0.25) is 0 Å². The van der Waals surface area contributed by atoms with Gasteiger partial charge in [0.25, 0.3) is 0 Å². The number of aliphatic carboxylic acids is 2. The Morgan fingerprint density at radius 3 is 1.37 bits per heavy atom. The number of carboxylic acids is 2. The number of carboxylic acid groups (broad SMARTS) is 2. The molecule has 0 aliphatic carbocycles. The summed E-state index contributed by atoms with van der Waals surface area (Å²) in [6.45, 7) is 0. The van der Waals surface area contributed by atoms with Crippen molar-refractivity contribution < 1.29 is 19.8 Å². The van der Waals surface area contributed by atoms with Crippen molar-refractivity contribution in [2.24, 2.45) is 0 Å². The molecule has 3 aromatic carbocycles. The van der Waals surface area contributed by atoms with Gasteiger partial charge in [-0.1, -0.05) is 54.6 Å². The van der Waals surface area contributed by atoms with Gasteiger partial charge in [-0.2, -0.15) is 0 Å². The molecule has 0 aliphatic heterocycles. The van der Waals surface area contributed by atoms with Crippen LogP contribution in [0.1, 0.15) is 25.7 Å². The van der Waals surface area contributed by atoms with Crippen LogP contribution in [0.4, 0.5) is 17.1 Å². The van der Waals surface area contributed by atoms with E-state index in [1.165, 1.54) is 0 Å². The lowest BCUT2D eigenvalue weighted by Crippen LogP contribution is -2.24. The third-order valence-electron chi connectivity index (χ3n) is 4.07. The van der Waals surface area contributed by atoms with Gasteiger partial charge in [0.2, 0.25) is 0 Å². The van der Waals surface area contributed by atoms with Crippen molar-refractivity contribution in [2.45, 2.75) is 25.7 Å². The summed E-state index contributed by atoms with van der Waals surface area (Å²) in [4.78, 5) is 19.8. The standard InChI is InChI=1S/C18H16N2.C6H10O4/c1-4-10-16(11-5-1)19-20(17-12-6-2-7-13-17)18-14-8-3-9-15-18;7-5(8)3-1-2-4-6(9)10/h1-15,19H;1-4H2,(H,7,8)(H,9,10). The first-order valence-corrected chi connectivity index (χ1v) is 9.72. The smallest absolute Gasteiger partial charge is 0.303 e. The summed E-state index contributed by atoms with van der Waals surface area (Å²) in [5.74, 6) is -1.74. The highest BCUT2D eigenvalue weighted by atomic mass is 16.4. The van der Waals surface area contributed by atoms with Gasteiger partial charge in [-0.25, -0.2) is 0 Å². The molecule has 6 heteroatoms. The van der Waals surface area contributed by atoms with E-state index in [1.54, 1.807) is 0 Å². The fraction of sp³-hybridized carbons (Fsp3) is 0.167. The number of unbranched alkanes of at least 4 members (excludes halogenated alkanes) is 1. The van der Waals surface area contributed by atoms with Crippen molar-refractivity contribution in [3.05, 3.63) is 91.0 Å². The molecule has 3 rings (SSSR count). The largest absolute Gasteiger partial charge is 0.481 e. The molecule has 0 spiro atoms. The molecular weight excluding hydrogens is 380 g/mol.